The molecule has 0 spiro atoms. The quantitative estimate of drug-likeness (QED) is 0.104. The highest BCUT2D eigenvalue weighted by Gasteiger charge is 2.22. The number of rotatable bonds is 4. The van der Waals surface area contributed by atoms with E-state index < -0.39 is 0 Å². The van der Waals surface area contributed by atoms with Crippen LogP contribution in [0.25, 0.3) is 90.9 Å². The van der Waals surface area contributed by atoms with Crippen molar-refractivity contribution in [1.29, 1.82) is 0 Å². The van der Waals surface area contributed by atoms with Crippen LogP contribution in [-0.2, 0) is 0 Å². The summed E-state index contributed by atoms with van der Waals surface area (Å²) >= 11 is 28.3. The molecule has 0 amide bonds. The highest BCUT2D eigenvalue weighted by atomic mass is 79.9. The third kappa shape index (κ3) is 7.48. The van der Waals surface area contributed by atoms with E-state index in [9.17, 15) is 20.4 Å². The molecule has 0 fully saturated rings. The number of aromatic amines is 2. The van der Waals surface area contributed by atoms with Crippen molar-refractivity contribution in [2.24, 2.45) is 0 Å². The monoisotopic (exact) mass is 1300 g/mol. The maximum Gasteiger partial charge on any atom is 0.143 e. The summed E-state index contributed by atoms with van der Waals surface area (Å²) < 4.78 is 3.96. The SMILES string of the molecule is Oc1c(Br)cc(-c2c3nc(c(-c4cc(Br)c(O)c(Br)c4)c4ccc([nH]4)c(-c4cc(Br)c(O)c(Br)c4)c4nc(c(-c5cc(Br)c(O)c(Br)c5)c5ccc2[nH]5)C=C4)C=C3)cc1Br. The van der Waals surface area contributed by atoms with Crippen LogP contribution >= 0.6 is 127 Å². The molecule has 298 valence electrons. The molecule has 7 aromatic rings. The lowest BCUT2D eigenvalue weighted by Gasteiger charge is -2.10. The lowest BCUT2D eigenvalue weighted by atomic mass is 10.0. The van der Waals surface area contributed by atoms with E-state index in [0.717, 1.165) is 66.6 Å². The number of aromatic nitrogens is 4. The Morgan fingerprint density at radius 1 is 0.317 bits per heavy atom. The van der Waals surface area contributed by atoms with Crippen molar-refractivity contribution in [3.63, 3.8) is 0 Å². The van der Waals surface area contributed by atoms with Crippen molar-refractivity contribution in [2.75, 3.05) is 0 Å². The Bertz CT molecular complexity index is 2750. The molecule has 9 rings (SSSR count). The van der Waals surface area contributed by atoms with Gasteiger partial charge in [-0.2, -0.15) is 0 Å². The minimum atomic E-state index is 0.0675. The van der Waals surface area contributed by atoms with E-state index in [-0.39, 0.29) is 23.0 Å². The molecule has 60 heavy (non-hydrogen) atoms. The van der Waals surface area contributed by atoms with Gasteiger partial charge in [-0.1, -0.05) is 0 Å². The molecule has 16 heteroatoms. The molecule has 2 aliphatic heterocycles. The number of hydrogen-bond acceptors (Lipinski definition) is 6. The zero-order chi connectivity index (χ0) is 42.3. The van der Waals surface area contributed by atoms with Crippen LogP contribution in [-0.4, -0.2) is 40.4 Å². The van der Waals surface area contributed by atoms with E-state index in [1.54, 1.807) is 0 Å². The van der Waals surface area contributed by atoms with Crippen LogP contribution in [0.2, 0.25) is 0 Å². The maximum atomic E-state index is 10.7. The number of hydrogen-bond donors (Lipinski definition) is 6. The Balaban J connectivity index is 1.51. The zero-order valence-corrected chi connectivity index (χ0v) is 42.6. The molecule has 0 saturated heterocycles. The van der Waals surface area contributed by atoms with E-state index in [4.69, 9.17) is 9.97 Å². The number of aromatic hydroxyl groups is 4. The van der Waals surface area contributed by atoms with Crippen LogP contribution in [0.4, 0.5) is 0 Å². The van der Waals surface area contributed by atoms with E-state index in [2.05, 4.69) is 137 Å². The average Bonchev–Trinajstić information content (AvgIpc) is 4.05. The van der Waals surface area contributed by atoms with Gasteiger partial charge in [0.05, 0.1) is 58.6 Å². The summed E-state index contributed by atoms with van der Waals surface area (Å²) in [5.74, 6) is 0.270. The van der Waals surface area contributed by atoms with Gasteiger partial charge in [0, 0.05) is 44.3 Å². The molecule has 0 unspecified atom stereocenters. The number of fused-ring (bicyclic) bond motifs is 8. The van der Waals surface area contributed by atoms with Crippen molar-refractivity contribution in [1.82, 2.24) is 19.9 Å². The summed E-state index contributed by atoms with van der Waals surface area (Å²) in [6.45, 7) is 0. The van der Waals surface area contributed by atoms with Gasteiger partial charge in [-0.3, -0.25) is 0 Å². The largest absolute Gasteiger partial charge is 0.506 e. The van der Waals surface area contributed by atoms with Crippen molar-refractivity contribution in [3.05, 3.63) is 131 Å². The third-order valence-electron chi connectivity index (χ3n) is 9.98. The summed E-state index contributed by atoms with van der Waals surface area (Å²) in [7, 11) is 0. The molecule has 0 atom stereocenters. The van der Waals surface area contributed by atoms with Gasteiger partial charge in [0.1, 0.15) is 23.0 Å². The lowest BCUT2D eigenvalue weighted by molar-refractivity contribution is 0.468. The van der Waals surface area contributed by atoms with Crippen LogP contribution < -0.4 is 0 Å². The van der Waals surface area contributed by atoms with Gasteiger partial charge in [-0.05, 0) is 247 Å². The van der Waals surface area contributed by atoms with E-state index >= 15 is 0 Å². The lowest BCUT2D eigenvalue weighted by Crippen LogP contribution is -1.91. The van der Waals surface area contributed by atoms with Crippen LogP contribution in [0.3, 0.4) is 0 Å². The van der Waals surface area contributed by atoms with Crippen LogP contribution in [0.15, 0.2) is 109 Å². The molecule has 8 nitrogen and oxygen atoms in total. The van der Waals surface area contributed by atoms with E-state index in [1.165, 1.54) is 0 Å². The average molecular weight is 1310 g/mol. The summed E-state index contributed by atoms with van der Waals surface area (Å²) in [5.41, 5.74) is 11.6. The second kappa shape index (κ2) is 16.3. The van der Waals surface area contributed by atoms with Gasteiger partial charge in [-0.25, -0.2) is 9.97 Å². The summed E-state index contributed by atoms with van der Waals surface area (Å²) in [6, 6.07) is 22.7. The number of nitrogens with zero attached hydrogens (tertiary/aromatic N) is 2. The molecule has 0 aliphatic carbocycles. The predicted molar refractivity (Wildman–Crippen MR) is 269 cm³/mol. The first-order valence-corrected chi connectivity index (χ1v) is 23.9. The Morgan fingerprint density at radius 3 is 0.683 bits per heavy atom. The second-order valence-electron chi connectivity index (χ2n) is 13.7. The fourth-order valence-corrected chi connectivity index (χ4v) is 12.0. The molecular weight excluding hydrogens is 1290 g/mol. The van der Waals surface area contributed by atoms with E-state index in [0.29, 0.717) is 58.6 Å². The minimum absolute atomic E-state index is 0.0675. The molecule has 8 bridgehead atoms. The fraction of sp³-hybridized carbons (Fsp3) is 0. The molecule has 3 aromatic heterocycles. The van der Waals surface area contributed by atoms with Crippen molar-refractivity contribution < 1.29 is 20.4 Å². The summed E-state index contributed by atoms with van der Waals surface area (Å²) in [4.78, 5) is 18.0. The predicted octanol–water partition coefficient (Wildman–Crippen LogP) is 16.2. The Kier molecular flexibility index (Phi) is 11.4. The van der Waals surface area contributed by atoms with Gasteiger partial charge in [0.25, 0.3) is 0 Å². The van der Waals surface area contributed by atoms with Gasteiger partial charge < -0.3 is 30.4 Å². The fourth-order valence-electron chi connectivity index (χ4n) is 7.26. The number of nitrogens with one attached hydrogen (secondary N) is 2. The number of phenolic OH excluding ortho intramolecular Hbond substituents is 4. The third-order valence-corrected chi connectivity index (χ3v) is 14.8. The zero-order valence-electron chi connectivity index (χ0n) is 29.9. The Hall–Kier alpha value is -3.48. The normalized spacial score (nSPS) is 12.1. The van der Waals surface area contributed by atoms with Crippen molar-refractivity contribution in [2.45, 2.75) is 0 Å². The second-order valence-corrected chi connectivity index (χ2v) is 20.5. The first-order chi connectivity index (χ1) is 28.7. The summed E-state index contributed by atoms with van der Waals surface area (Å²) in [6.07, 6.45) is 7.83. The van der Waals surface area contributed by atoms with Gasteiger partial charge in [0.2, 0.25) is 0 Å². The highest BCUT2D eigenvalue weighted by Crippen LogP contribution is 2.46. The number of halogens is 8. The van der Waals surface area contributed by atoms with E-state index in [1.807, 2.05) is 97.1 Å². The number of phenols is 4. The smallest absolute Gasteiger partial charge is 0.143 e. The standard InChI is InChI=1S/C44H22Br8N4O4/c45-21-9-17(10-22(46)41(21)57)37-29-1-2-30(53-29)38(18-11-23(47)42(58)24(48)12-18)32-5-6-34(55-32)40(20-15-27(51)44(60)28(52)16-20)36-8-7-35(56-36)39(33-4-3-31(37)54-33)19-13-25(49)43(59)26(50)14-19/h1-16,53,56-60H. The molecule has 5 heterocycles. The topological polar surface area (TPSA) is 138 Å². The minimum Gasteiger partial charge on any atom is -0.506 e. The number of H-pyrrole nitrogens is 2. The van der Waals surface area contributed by atoms with Gasteiger partial charge in [0.15, 0.2) is 0 Å². The molecule has 2 aliphatic rings. The van der Waals surface area contributed by atoms with Crippen LogP contribution in [0.5, 0.6) is 23.0 Å². The Labute approximate surface area is 408 Å². The molecule has 6 N–H and O–H groups in total. The number of benzene rings is 4. The van der Waals surface area contributed by atoms with Gasteiger partial charge in [-0.15, -0.1) is 0 Å². The first-order valence-electron chi connectivity index (χ1n) is 17.6. The molecular formula is C44H22Br8N4O4. The van der Waals surface area contributed by atoms with Crippen LogP contribution in [0, 0.1) is 0 Å². The van der Waals surface area contributed by atoms with Gasteiger partial charge >= 0.3 is 0 Å². The Morgan fingerprint density at radius 2 is 0.500 bits per heavy atom. The first kappa shape index (κ1) is 41.9. The van der Waals surface area contributed by atoms with Crippen molar-refractivity contribution >= 4 is 174 Å². The molecule has 0 radical (unpaired) electrons. The molecule has 0 saturated carbocycles. The van der Waals surface area contributed by atoms with Crippen molar-refractivity contribution in [3.8, 4) is 67.5 Å². The molecule has 4 aromatic carbocycles. The highest BCUT2D eigenvalue weighted by molar-refractivity contribution is 9.12. The maximum absolute atomic E-state index is 10.7. The van der Waals surface area contributed by atoms with Crippen LogP contribution in [0.1, 0.15) is 22.8 Å². The summed E-state index contributed by atoms with van der Waals surface area (Å²) in [5, 5.41) is 43.0.